The van der Waals surface area contributed by atoms with Crippen LogP contribution in [0.2, 0.25) is 0 Å². The number of carbonyl (C=O) groups is 1. The number of amides is 1. The highest BCUT2D eigenvalue weighted by Crippen LogP contribution is 2.19. The number of nitrogen functional groups attached to an aromatic ring is 1. The molecule has 0 aliphatic heterocycles. The van der Waals surface area contributed by atoms with Crippen molar-refractivity contribution in [1.82, 2.24) is 0 Å². The highest BCUT2D eigenvalue weighted by Gasteiger charge is 2.13. The Kier molecular flexibility index (Phi) is 3.95. The zero-order valence-electron chi connectivity index (χ0n) is 11.1. The zero-order valence-corrected chi connectivity index (χ0v) is 11.9. The Morgan fingerprint density at radius 3 is 2.57 bits per heavy atom. The minimum absolute atomic E-state index is 0.0168. The van der Waals surface area contributed by atoms with E-state index in [-0.39, 0.29) is 16.1 Å². The van der Waals surface area contributed by atoms with Crippen LogP contribution in [0.3, 0.4) is 0 Å². The summed E-state index contributed by atoms with van der Waals surface area (Å²) in [6.07, 6.45) is 1.04. The van der Waals surface area contributed by atoms with Crippen molar-refractivity contribution < 1.29 is 17.6 Å². The maximum Gasteiger partial charge on any atom is 0.255 e. The predicted octanol–water partition coefficient (Wildman–Crippen LogP) is 2.06. The van der Waals surface area contributed by atoms with E-state index in [0.717, 1.165) is 12.3 Å². The summed E-state index contributed by atoms with van der Waals surface area (Å²) in [5, 5.41) is 2.36. The molecule has 7 heteroatoms. The number of nitrogens with one attached hydrogen (secondary N) is 1. The van der Waals surface area contributed by atoms with Crippen LogP contribution in [0.15, 0.2) is 47.4 Å². The molecule has 0 aliphatic rings. The minimum Gasteiger partial charge on any atom is -0.399 e. The van der Waals surface area contributed by atoms with E-state index in [1.807, 2.05) is 0 Å². The molecule has 0 aliphatic carbocycles. The molecule has 0 bridgehead atoms. The van der Waals surface area contributed by atoms with Gasteiger partial charge in [-0.15, -0.1) is 0 Å². The molecule has 1 amide bonds. The summed E-state index contributed by atoms with van der Waals surface area (Å²) in [4.78, 5) is 12.1. The van der Waals surface area contributed by atoms with Crippen LogP contribution < -0.4 is 11.1 Å². The summed E-state index contributed by atoms with van der Waals surface area (Å²) in [5.41, 5.74) is 5.87. The molecule has 2 aromatic carbocycles. The molecule has 0 atom stereocenters. The van der Waals surface area contributed by atoms with Crippen molar-refractivity contribution in [2.75, 3.05) is 17.3 Å². The molecule has 5 nitrogen and oxygen atoms in total. The Labute approximate surface area is 121 Å². The van der Waals surface area contributed by atoms with E-state index < -0.39 is 21.6 Å². The molecule has 0 saturated carbocycles. The fourth-order valence-corrected chi connectivity index (χ4v) is 2.37. The molecular formula is C14H13FN2O3S. The fraction of sp³-hybridized carbons (Fsp3) is 0.0714. The standard InChI is InChI=1S/C14H13FN2O3S/c1-21(19,20)11-4-2-3-9(7-11)14(18)17-13-8-10(16)5-6-12(13)15/h2-8H,16H2,1H3,(H,17,18). The second-order valence-electron chi connectivity index (χ2n) is 4.49. The van der Waals surface area contributed by atoms with Gasteiger partial charge in [0.15, 0.2) is 9.84 Å². The van der Waals surface area contributed by atoms with Crippen molar-refractivity contribution in [3.05, 3.63) is 53.8 Å². The lowest BCUT2D eigenvalue weighted by atomic mass is 10.2. The Bertz CT molecular complexity index is 804. The lowest BCUT2D eigenvalue weighted by molar-refractivity contribution is 0.102. The largest absolute Gasteiger partial charge is 0.399 e. The zero-order chi connectivity index (χ0) is 15.6. The number of anilines is 2. The SMILES string of the molecule is CS(=O)(=O)c1cccc(C(=O)Nc2cc(N)ccc2F)c1. The number of nitrogens with two attached hydrogens (primary N) is 1. The summed E-state index contributed by atoms with van der Waals surface area (Å²) in [7, 11) is -3.42. The van der Waals surface area contributed by atoms with Crippen molar-refractivity contribution in [3.63, 3.8) is 0 Å². The summed E-state index contributed by atoms with van der Waals surface area (Å²) in [6.45, 7) is 0. The third-order valence-electron chi connectivity index (χ3n) is 2.76. The Morgan fingerprint density at radius 1 is 1.19 bits per heavy atom. The van der Waals surface area contributed by atoms with Crippen LogP contribution in [0, 0.1) is 5.82 Å². The number of hydrogen-bond acceptors (Lipinski definition) is 4. The molecule has 0 heterocycles. The highest BCUT2D eigenvalue weighted by atomic mass is 32.2. The number of rotatable bonds is 3. The maximum absolute atomic E-state index is 13.5. The van der Waals surface area contributed by atoms with E-state index in [2.05, 4.69) is 5.32 Å². The highest BCUT2D eigenvalue weighted by molar-refractivity contribution is 7.90. The van der Waals surface area contributed by atoms with Gasteiger partial charge in [-0.2, -0.15) is 0 Å². The second kappa shape index (κ2) is 5.53. The van der Waals surface area contributed by atoms with Gasteiger partial charge in [-0.1, -0.05) is 6.07 Å². The first-order valence-corrected chi connectivity index (χ1v) is 7.83. The average Bonchev–Trinajstić information content (AvgIpc) is 2.42. The van der Waals surface area contributed by atoms with Crippen LogP contribution in [0.4, 0.5) is 15.8 Å². The quantitative estimate of drug-likeness (QED) is 0.849. The molecule has 0 spiro atoms. The van der Waals surface area contributed by atoms with Crippen molar-refractivity contribution >= 4 is 27.1 Å². The summed E-state index contributed by atoms with van der Waals surface area (Å²) < 4.78 is 36.5. The third kappa shape index (κ3) is 3.57. The van der Waals surface area contributed by atoms with Gasteiger partial charge in [0.1, 0.15) is 5.82 Å². The number of hydrogen-bond donors (Lipinski definition) is 2. The van der Waals surface area contributed by atoms with E-state index in [4.69, 9.17) is 5.73 Å². The van der Waals surface area contributed by atoms with Gasteiger partial charge in [0.2, 0.25) is 0 Å². The normalized spacial score (nSPS) is 11.1. The molecule has 3 N–H and O–H groups in total. The number of sulfone groups is 1. The lowest BCUT2D eigenvalue weighted by Crippen LogP contribution is -2.14. The lowest BCUT2D eigenvalue weighted by Gasteiger charge is -2.08. The summed E-state index contributed by atoms with van der Waals surface area (Å²) >= 11 is 0. The van der Waals surface area contributed by atoms with Gasteiger partial charge in [-0.3, -0.25) is 4.79 Å². The summed E-state index contributed by atoms with van der Waals surface area (Å²) in [5.74, 6) is -1.25. The van der Waals surface area contributed by atoms with Gasteiger partial charge < -0.3 is 11.1 Å². The molecule has 21 heavy (non-hydrogen) atoms. The van der Waals surface area contributed by atoms with E-state index >= 15 is 0 Å². The van der Waals surface area contributed by atoms with Crippen molar-refractivity contribution in [2.24, 2.45) is 0 Å². The third-order valence-corrected chi connectivity index (χ3v) is 3.87. The number of benzene rings is 2. The first-order valence-electron chi connectivity index (χ1n) is 5.94. The van der Waals surface area contributed by atoms with Crippen LogP contribution in [0.5, 0.6) is 0 Å². The first-order chi connectivity index (χ1) is 9.77. The fourth-order valence-electron chi connectivity index (χ4n) is 1.70. The van der Waals surface area contributed by atoms with Crippen LogP contribution in [0.25, 0.3) is 0 Å². The van der Waals surface area contributed by atoms with Crippen LogP contribution in [0.1, 0.15) is 10.4 Å². The number of halogens is 1. The van der Waals surface area contributed by atoms with Crippen molar-refractivity contribution in [1.29, 1.82) is 0 Å². The predicted molar refractivity (Wildman–Crippen MR) is 78.3 cm³/mol. The molecular weight excluding hydrogens is 295 g/mol. The number of carbonyl (C=O) groups excluding carboxylic acids is 1. The molecule has 0 radical (unpaired) electrons. The Hall–Kier alpha value is -2.41. The Morgan fingerprint density at radius 2 is 1.90 bits per heavy atom. The van der Waals surface area contributed by atoms with E-state index in [1.165, 1.54) is 36.4 Å². The molecule has 110 valence electrons. The van der Waals surface area contributed by atoms with Crippen LogP contribution in [-0.2, 0) is 9.84 Å². The monoisotopic (exact) mass is 308 g/mol. The van der Waals surface area contributed by atoms with E-state index in [9.17, 15) is 17.6 Å². The van der Waals surface area contributed by atoms with E-state index in [0.29, 0.717) is 5.69 Å². The molecule has 0 fully saturated rings. The van der Waals surface area contributed by atoms with Crippen molar-refractivity contribution in [3.8, 4) is 0 Å². The maximum atomic E-state index is 13.5. The van der Waals surface area contributed by atoms with Gasteiger partial charge in [0.05, 0.1) is 10.6 Å². The van der Waals surface area contributed by atoms with E-state index in [1.54, 1.807) is 0 Å². The van der Waals surface area contributed by atoms with Crippen molar-refractivity contribution in [2.45, 2.75) is 4.90 Å². The van der Waals surface area contributed by atoms with Crippen LogP contribution in [-0.4, -0.2) is 20.6 Å². The summed E-state index contributed by atoms with van der Waals surface area (Å²) in [6, 6.07) is 9.29. The van der Waals surface area contributed by atoms with Gasteiger partial charge in [0.25, 0.3) is 5.91 Å². The average molecular weight is 308 g/mol. The van der Waals surface area contributed by atoms with Gasteiger partial charge in [0, 0.05) is 17.5 Å². The minimum atomic E-state index is -3.42. The molecule has 0 aromatic heterocycles. The smallest absolute Gasteiger partial charge is 0.255 e. The Balaban J connectivity index is 2.31. The van der Waals surface area contributed by atoms with Gasteiger partial charge >= 0.3 is 0 Å². The molecule has 2 rings (SSSR count). The van der Waals surface area contributed by atoms with Crippen LogP contribution >= 0.6 is 0 Å². The van der Waals surface area contributed by atoms with Gasteiger partial charge in [-0.25, -0.2) is 12.8 Å². The first kappa shape index (κ1) is 15.0. The van der Waals surface area contributed by atoms with Gasteiger partial charge in [-0.05, 0) is 36.4 Å². The molecule has 0 saturated heterocycles. The molecule has 0 unspecified atom stereocenters. The topological polar surface area (TPSA) is 89.3 Å². The second-order valence-corrected chi connectivity index (χ2v) is 6.51. The molecule has 2 aromatic rings.